The monoisotopic (exact) mass is 323 g/mol. The summed E-state index contributed by atoms with van der Waals surface area (Å²) in [5.41, 5.74) is 0.533. The van der Waals surface area contributed by atoms with E-state index in [2.05, 4.69) is 21.2 Å². The molecular weight excluding hydrogens is 310 g/mol. The Labute approximate surface area is 119 Å². The number of furan rings is 1. The first-order valence-corrected chi connectivity index (χ1v) is 6.64. The largest absolute Gasteiger partial charge is 0.464 e. The summed E-state index contributed by atoms with van der Waals surface area (Å²) in [5, 5.41) is 12.5. The molecule has 0 spiro atoms. The fourth-order valence-corrected chi connectivity index (χ4v) is 2.13. The predicted molar refractivity (Wildman–Crippen MR) is 74.9 cm³/mol. The van der Waals surface area contributed by atoms with E-state index < -0.39 is 6.10 Å². The molecule has 0 saturated heterocycles. The molecule has 2 N–H and O–H groups in total. The van der Waals surface area contributed by atoms with E-state index in [9.17, 15) is 9.90 Å². The molecule has 0 bridgehead atoms. The number of amides is 1. The van der Waals surface area contributed by atoms with Crippen LogP contribution in [0.5, 0.6) is 0 Å². The molecular formula is C14H14BrNO3. The van der Waals surface area contributed by atoms with Gasteiger partial charge in [-0.3, -0.25) is 4.79 Å². The molecule has 1 unspecified atom stereocenters. The van der Waals surface area contributed by atoms with Crippen LogP contribution in [0.25, 0.3) is 0 Å². The standard InChI is InChI=1S/C14H14BrNO3/c1-9-6-7-13(19-9)12(17)8-16-14(18)10-4-2-3-5-11(10)15/h2-7,12,17H,8H2,1H3,(H,16,18). The third-order valence-electron chi connectivity index (χ3n) is 2.66. The highest BCUT2D eigenvalue weighted by Crippen LogP contribution is 2.17. The number of carbonyl (C=O) groups excluding carboxylic acids is 1. The first kappa shape index (κ1) is 13.8. The molecule has 1 heterocycles. The summed E-state index contributed by atoms with van der Waals surface area (Å²) in [7, 11) is 0. The van der Waals surface area contributed by atoms with E-state index in [0.717, 1.165) is 10.2 Å². The average molecular weight is 324 g/mol. The van der Waals surface area contributed by atoms with Gasteiger partial charge in [-0.25, -0.2) is 0 Å². The minimum Gasteiger partial charge on any atom is -0.464 e. The molecule has 1 aromatic carbocycles. The Morgan fingerprint density at radius 3 is 2.74 bits per heavy atom. The van der Waals surface area contributed by atoms with Crippen molar-refractivity contribution < 1.29 is 14.3 Å². The van der Waals surface area contributed by atoms with Crippen LogP contribution in [-0.2, 0) is 0 Å². The van der Waals surface area contributed by atoms with Crippen molar-refractivity contribution in [3.8, 4) is 0 Å². The molecule has 0 aliphatic carbocycles. The topological polar surface area (TPSA) is 62.5 Å². The first-order valence-electron chi connectivity index (χ1n) is 5.85. The highest BCUT2D eigenvalue weighted by molar-refractivity contribution is 9.10. The van der Waals surface area contributed by atoms with E-state index in [0.29, 0.717) is 11.3 Å². The number of aryl methyl sites for hydroxylation is 1. The average Bonchev–Trinajstić information content (AvgIpc) is 2.83. The van der Waals surface area contributed by atoms with Crippen LogP contribution >= 0.6 is 15.9 Å². The summed E-state index contributed by atoms with van der Waals surface area (Å²) in [5.74, 6) is 0.936. The molecule has 0 aliphatic heterocycles. The number of benzene rings is 1. The smallest absolute Gasteiger partial charge is 0.252 e. The van der Waals surface area contributed by atoms with Crippen molar-refractivity contribution >= 4 is 21.8 Å². The van der Waals surface area contributed by atoms with Crippen molar-refractivity contribution in [1.29, 1.82) is 0 Å². The maximum atomic E-state index is 11.9. The predicted octanol–water partition coefficient (Wildman–Crippen LogP) is 2.81. The van der Waals surface area contributed by atoms with Gasteiger partial charge in [0.1, 0.15) is 17.6 Å². The zero-order valence-corrected chi connectivity index (χ0v) is 12.0. The second-order valence-corrected chi connectivity index (χ2v) is 5.01. The van der Waals surface area contributed by atoms with Gasteiger partial charge < -0.3 is 14.8 Å². The Kier molecular flexibility index (Phi) is 4.39. The lowest BCUT2D eigenvalue weighted by Gasteiger charge is -2.10. The SMILES string of the molecule is Cc1ccc(C(O)CNC(=O)c2ccccc2Br)o1. The van der Waals surface area contributed by atoms with E-state index in [-0.39, 0.29) is 12.5 Å². The van der Waals surface area contributed by atoms with Crippen LogP contribution in [0.15, 0.2) is 45.3 Å². The molecule has 5 heteroatoms. The number of aliphatic hydroxyl groups excluding tert-OH is 1. The van der Waals surface area contributed by atoms with Crippen LogP contribution in [0.1, 0.15) is 28.0 Å². The number of rotatable bonds is 4. The summed E-state index contributed by atoms with van der Waals surface area (Å²) in [6.45, 7) is 1.91. The first-order chi connectivity index (χ1) is 9.08. The molecule has 0 saturated carbocycles. The van der Waals surface area contributed by atoms with Crippen LogP contribution in [0.4, 0.5) is 0 Å². The van der Waals surface area contributed by atoms with Crippen LogP contribution in [0.3, 0.4) is 0 Å². The van der Waals surface area contributed by atoms with Crippen molar-refractivity contribution in [3.05, 3.63) is 58.0 Å². The van der Waals surface area contributed by atoms with Crippen molar-refractivity contribution in [2.75, 3.05) is 6.54 Å². The van der Waals surface area contributed by atoms with Gasteiger partial charge in [0, 0.05) is 4.47 Å². The Morgan fingerprint density at radius 2 is 2.11 bits per heavy atom. The number of hydrogen-bond acceptors (Lipinski definition) is 3. The number of aliphatic hydroxyl groups is 1. The lowest BCUT2D eigenvalue weighted by molar-refractivity contribution is 0.0899. The summed E-state index contributed by atoms with van der Waals surface area (Å²) in [6, 6.07) is 10.6. The molecule has 1 atom stereocenters. The van der Waals surface area contributed by atoms with Gasteiger partial charge >= 0.3 is 0 Å². The third kappa shape index (κ3) is 3.45. The van der Waals surface area contributed by atoms with E-state index in [1.807, 2.05) is 6.07 Å². The quantitative estimate of drug-likeness (QED) is 0.909. The van der Waals surface area contributed by atoms with Crippen LogP contribution in [0.2, 0.25) is 0 Å². The van der Waals surface area contributed by atoms with Gasteiger partial charge in [-0.1, -0.05) is 12.1 Å². The zero-order valence-electron chi connectivity index (χ0n) is 10.4. The maximum Gasteiger partial charge on any atom is 0.252 e. The van der Waals surface area contributed by atoms with Crippen LogP contribution in [-0.4, -0.2) is 17.6 Å². The van der Waals surface area contributed by atoms with Crippen molar-refractivity contribution in [1.82, 2.24) is 5.32 Å². The number of nitrogens with one attached hydrogen (secondary N) is 1. The molecule has 2 rings (SSSR count). The number of hydrogen-bond donors (Lipinski definition) is 2. The van der Waals surface area contributed by atoms with Crippen LogP contribution in [0, 0.1) is 6.92 Å². The van der Waals surface area contributed by atoms with Gasteiger partial charge in [0.25, 0.3) is 5.91 Å². The Bertz CT molecular complexity index is 580. The van der Waals surface area contributed by atoms with E-state index in [1.165, 1.54) is 0 Å². The molecule has 0 fully saturated rings. The molecule has 0 aliphatic rings. The van der Waals surface area contributed by atoms with Gasteiger partial charge in [0.15, 0.2) is 0 Å². The highest BCUT2D eigenvalue weighted by atomic mass is 79.9. The van der Waals surface area contributed by atoms with Gasteiger partial charge in [0.05, 0.1) is 12.1 Å². The molecule has 0 radical (unpaired) electrons. The molecule has 19 heavy (non-hydrogen) atoms. The van der Waals surface area contributed by atoms with Crippen molar-refractivity contribution in [2.45, 2.75) is 13.0 Å². The lowest BCUT2D eigenvalue weighted by Crippen LogP contribution is -2.28. The summed E-state index contributed by atoms with van der Waals surface area (Å²) in [4.78, 5) is 11.9. The Balaban J connectivity index is 1.96. The molecule has 100 valence electrons. The Hall–Kier alpha value is -1.59. The molecule has 2 aromatic rings. The van der Waals surface area contributed by atoms with E-state index in [1.54, 1.807) is 37.3 Å². The summed E-state index contributed by atoms with van der Waals surface area (Å²) >= 11 is 3.31. The highest BCUT2D eigenvalue weighted by Gasteiger charge is 2.14. The van der Waals surface area contributed by atoms with Crippen molar-refractivity contribution in [3.63, 3.8) is 0 Å². The number of carbonyl (C=O) groups is 1. The molecule has 1 amide bonds. The van der Waals surface area contributed by atoms with Gasteiger partial charge in [-0.15, -0.1) is 0 Å². The minimum absolute atomic E-state index is 0.104. The minimum atomic E-state index is -0.847. The lowest BCUT2D eigenvalue weighted by atomic mass is 10.2. The maximum absolute atomic E-state index is 11.9. The zero-order chi connectivity index (χ0) is 13.8. The second-order valence-electron chi connectivity index (χ2n) is 4.15. The van der Waals surface area contributed by atoms with E-state index >= 15 is 0 Å². The number of halogens is 1. The summed E-state index contributed by atoms with van der Waals surface area (Å²) < 4.78 is 6.01. The van der Waals surface area contributed by atoms with Crippen LogP contribution < -0.4 is 5.32 Å². The van der Waals surface area contributed by atoms with Crippen molar-refractivity contribution in [2.24, 2.45) is 0 Å². The molecule has 4 nitrogen and oxygen atoms in total. The normalized spacial score (nSPS) is 12.2. The summed E-state index contributed by atoms with van der Waals surface area (Å²) in [6.07, 6.45) is -0.847. The second kappa shape index (κ2) is 6.04. The fourth-order valence-electron chi connectivity index (χ4n) is 1.66. The van der Waals surface area contributed by atoms with Gasteiger partial charge in [0.2, 0.25) is 0 Å². The molecule has 1 aromatic heterocycles. The van der Waals surface area contributed by atoms with E-state index in [4.69, 9.17) is 4.42 Å². The van der Waals surface area contributed by atoms with Gasteiger partial charge in [-0.2, -0.15) is 0 Å². The fraction of sp³-hybridized carbons (Fsp3) is 0.214. The van der Waals surface area contributed by atoms with Gasteiger partial charge in [-0.05, 0) is 47.1 Å². The Morgan fingerprint density at radius 1 is 1.37 bits per heavy atom. The third-order valence-corrected chi connectivity index (χ3v) is 3.36.